The van der Waals surface area contributed by atoms with Gasteiger partial charge in [0.1, 0.15) is 0 Å². The Morgan fingerprint density at radius 1 is 1.18 bits per heavy atom. The number of hydrogen-bond donors (Lipinski definition) is 2. The molecule has 0 unspecified atom stereocenters. The van der Waals surface area contributed by atoms with Crippen molar-refractivity contribution in [1.29, 1.82) is 0 Å². The van der Waals surface area contributed by atoms with E-state index < -0.39 is 10.0 Å². The molecule has 0 aromatic carbocycles. The Morgan fingerprint density at radius 2 is 1.73 bits per heavy atom. The average Bonchev–Trinajstić information content (AvgIpc) is 2.39. The van der Waals surface area contributed by atoms with E-state index in [4.69, 9.17) is 0 Å². The Hall–Kier alpha value is -0.0900. The zero-order valence-corrected chi connectivity index (χ0v) is 17.7. The third kappa shape index (κ3) is 12.5. The molecule has 0 atom stereocenters. The summed E-state index contributed by atoms with van der Waals surface area (Å²) in [6.45, 7) is 8.94. The van der Waals surface area contributed by atoms with Crippen LogP contribution in [0.1, 0.15) is 40.0 Å². The van der Waals surface area contributed by atoms with Crippen LogP contribution in [0.5, 0.6) is 0 Å². The number of nitrogens with zero attached hydrogens (tertiary/aromatic N) is 2. The van der Waals surface area contributed by atoms with Crippen molar-refractivity contribution in [2.24, 2.45) is 10.9 Å². The molecule has 134 valence electrons. The molecule has 0 amide bonds. The molecule has 0 aliphatic heterocycles. The first kappa shape index (κ1) is 24.2. The van der Waals surface area contributed by atoms with Gasteiger partial charge in [-0.3, -0.25) is 4.99 Å². The smallest absolute Gasteiger partial charge is 0.211 e. The van der Waals surface area contributed by atoms with Gasteiger partial charge in [-0.2, -0.15) is 0 Å². The van der Waals surface area contributed by atoms with Gasteiger partial charge in [-0.15, -0.1) is 24.0 Å². The highest BCUT2D eigenvalue weighted by Crippen LogP contribution is 2.01. The summed E-state index contributed by atoms with van der Waals surface area (Å²) in [5.74, 6) is 1.50. The van der Waals surface area contributed by atoms with Crippen molar-refractivity contribution in [3.05, 3.63) is 0 Å². The van der Waals surface area contributed by atoms with Gasteiger partial charge in [0, 0.05) is 33.2 Å². The van der Waals surface area contributed by atoms with Crippen LogP contribution in [-0.4, -0.2) is 58.2 Å². The molecule has 0 bridgehead atoms. The highest BCUT2D eigenvalue weighted by atomic mass is 127. The second-order valence-electron chi connectivity index (χ2n) is 5.57. The fraction of sp³-hybridized carbons (Fsp3) is 0.929. The molecule has 0 radical (unpaired) electrons. The van der Waals surface area contributed by atoms with Gasteiger partial charge in [-0.25, -0.2) is 12.7 Å². The van der Waals surface area contributed by atoms with E-state index in [1.807, 2.05) is 6.92 Å². The fourth-order valence-corrected chi connectivity index (χ4v) is 2.89. The molecule has 6 nitrogen and oxygen atoms in total. The average molecular weight is 448 g/mol. The molecule has 0 aromatic rings. The van der Waals surface area contributed by atoms with E-state index in [-0.39, 0.29) is 24.0 Å². The SMILES string of the molecule is CCN(CCCNC(=NC)NCCCC(C)C)S(C)(=O)=O.I. The standard InChI is InChI=1S/C14H32N4O2S.HI/c1-6-18(21(5,19)20)12-8-11-17-14(15-4)16-10-7-9-13(2)3;/h13H,6-12H2,1-5H3,(H2,15,16,17);1H. The predicted molar refractivity (Wildman–Crippen MR) is 106 cm³/mol. The largest absolute Gasteiger partial charge is 0.356 e. The van der Waals surface area contributed by atoms with Gasteiger partial charge in [0.05, 0.1) is 6.26 Å². The van der Waals surface area contributed by atoms with Crippen LogP contribution in [0, 0.1) is 5.92 Å². The van der Waals surface area contributed by atoms with Crippen molar-refractivity contribution in [3.63, 3.8) is 0 Å². The third-order valence-electron chi connectivity index (χ3n) is 3.17. The van der Waals surface area contributed by atoms with Crippen LogP contribution in [0.4, 0.5) is 0 Å². The number of guanidine groups is 1. The zero-order chi connectivity index (χ0) is 16.3. The lowest BCUT2D eigenvalue weighted by Crippen LogP contribution is -2.39. The number of halogens is 1. The van der Waals surface area contributed by atoms with Gasteiger partial charge >= 0.3 is 0 Å². The van der Waals surface area contributed by atoms with Crippen LogP contribution >= 0.6 is 24.0 Å². The number of sulfonamides is 1. The first-order chi connectivity index (χ1) is 9.81. The lowest BCUT2D eigenvalue weighted by atomic mass is 10.1. The molecule has 0 heterocycles. The van der Waals surface area contributed by atoms with E-state index in [2.05, 4.69) is 29.5 Å². The van der Waals surface area contributed by atoms with E-state index in [9.17, 15) is 8.42 Å². The van der Waals surface area contributed by atoms with Crippen LogP contribution in [0.2, 0.25) is 0 Å². The summed E-state index contributed by atoms with van der Waals surface area (Å²) < 4.78 is 24.4. The first-order valence-corrected chi connectivity index (χ1v) is 9.55. The third-order valence-corrected chi connectivity index (χ3v) is 4.55. The van der Waals surface area contributed by atoms with Crippen LogP contribution in [0.25, 0.3) is 0 Å². The molecular weight excluding hydrogens is 415 g/mol. The first-order valence-electron chi connectivity index (χ1n) is 7.70. The minimum Gasteiger partial charge on any atom is -0.356 e. The highest BCUT2D eigenvalue weighted by molar-refractivity contribution is 14.0. The quantitative estimate of drug-likeness (QED) is 0.232. The molecule has 0 fully saturated rings. The van der Waals surface area contributed by atoms with Gasteiger partial charge in [-0.1, -0.05) is 20.8 Å². The number of hydrogen-bond acceptors (Lipinski definition) is 3. The maximum Gasteiger partial charge on any atom is 0.211 e. The minimum atomic E-state index is -3.09. The minimum absolute atomic E-state index is 0. The number of rotatable bonds is 10. The summed E-state index contributed by atoms with van der Waals surface area (Å²) in [6, 6.07) is 0. The Balaban J connectivity index is 0. The lowest BCUT2D eigenvalue weighted by molar-refractivity contribution is 0.424. The molecule has 8 heteroatoms. The second-order valence-corrected chi connectivity index (χ2v) is 7.55. The molecule has 2 N–H and O–H groups in total. The van der Waals surface area contributed by atoms with E-state index in [1.54, 1.807) is 7.05 Å². The van der Waals surface area contributed by atoms with Crippen molar-refractivity contribution >= 4 is 40.0 Å². The molecule has 0 aliphatic carbocycles. The van der Waals surface area contributed by atoms with Crippen LogP contribution in [-0.2, 0) is 10.0 Å². The van der Waals surface area contributed by atoms with Crippen molar-refractivity contribution in [2.45, 2.75) is 40.0 Å². The van der Waals surface area contributed by atoms with Crippen LogP contribution in [0.3, 0.4) is 0 Å². The molecule has 22 heavy (non-hydrogen) atoms. The Kier molecular flexibility index (Phi) is 14.7. The molecular formula is C14H33IN4O2S. The summed E-state index contributed by atoms with van der Waals surface area (Å²) in [7, 11) is -1.34. The van der Waals surface area contributed by atoms with E-state index in [0.29, 0.717) is 19.6 Å². The zero-order valence-electron chi connectivity index (χ0n) is 14.6. The summed E-state index contributed by atoms with van der Waals surface area (Å²) in [5, 5.41) is 6.47. The Labute approximate surface area is 153 Å². The van der Waals surface area contributed by atoms with Gasteiger partial charge in [0.15, 0.2) is 5.96 Å². The molecule has 0 spiro atoms. The van der Waals surface area contributed by atoms with Crippen molar-refractivity contribution in [3.8, 4) is 0 Å². The second kappa shape index (κ2) is 13.4. The summed E-state index contributed by atoms with van der Waals surface area (Å²) >= 11 is 0. The fourth-order valence-electron chi connectivity index (χ4n) is 1.96. The summed E-state index contributed by atoms with van der Waals surface area (Å²) in [6.07, 6.45) is 4.33. The molecule has 0 aliphatic rings. The lowest BCUT2D eigenvalue weighted by Gasteiger charge is -2.18. The summed E-state index contributed by atoms with van der Waals surface area (Å²) in [5.41, 5.74) is 0. The molecule has 0 saturated heterocycles. The van der Waals surface area contributed by atoms with Crippen LogP contribution < -0.4 is 10.6 Å². The van der Waals surface area contributed by atoms with Crippen LogP contribution in [0.15, 0.2) is 4.99 Å². The Morgan fingerprint density at radius 3 is 2.14 bits per heavy atom. The van der Waals surface area contributed by atoms with Gasteiger partial charge in [0.2, 0.25) is 10.0 Å². The van der Waals surface area contributed by atoms with Gasteiger partial charge in [-0.05, 0) is 25.2 Å². The van der Waals surface area contributed by atoms with Crippen molar-refractivity contribution in [1.82, 2.24) is 14.9 Å². The predicted octanol–water partition coefficient (Wildman–Crippen LogP) is 1.88. The highest BCUT2D eigenvalue weighted by Gasteiger charge is 2.13. The Bertz CT molecular complexity index is 400. The van der Waals surface area contributed by atoms with E-state index in [0.717, 1.165) is 31.3 Å². The van der Waals surface area contributed by atoms with E-state index in [1.165, 1.54) is 17.0 Å². The normalized spacial score (nSPS) is 12.4. The summed E-state index contributed by atoms with van der Waals surface area (Å²) in [4.78, 5) is 4.15. The van der Waals surface area contributed by atoms with E-state index >= 15 is 0 Å². The topological polar surface area (TPSA) is 73.8 Å². The molecule has 0 aromatic heterocycles. The number of aliphatic imine (C=N–C) groups is 1. The number of nitrogens with one attached hydrogen (secondary N) is 2. The maximum atomic E-state index is 11.4. The monoisotopic (exact) mass is 448 g/mol. The molecule has 0 rings (SSSR count). The van der Waals surface area contributed by atoms with Gasteiger partial charge in [0.25, 0.3) is 0 Å². The maximum absolute atomic E-state index is 11.4. The van der Waals surface area contributed by atoms with Crippen molar-refractivity contribution < 1.29 is 8.42 Å². The molecule has 0 saturated carbocycles. The van der Waals surface area contributed by atoms with Gasteiger partial charge < -0.3 is 10.6 Å². The van der Waals surface area contributed by atoms with Crippen molar-refractivity contribution in [2.75, 3.05) is 39.5 Å².